The van der Waals surface area contributed by atoms with Crippen LogP contribution in [0.1, 0.15) is 17.5 Å². The molecule has 0 bridgehead atoms. The second-order valence-corrected chi connectivity index (χ2v) is 5.32. The molecule has 0 saturated heterocycles. The maximum atomic E-state index is 11.2. The molecule has 0 atom stereocenters. The number of nitro groups is 1. The Labute approximate surface area is 114 Å². The highest BCUT2D eigenvalue weighted by molar-refractivity contribution is 7.15. The van der Waals surface area contributed by atoms with Gasteiger partial charge in [0, 0.05) is 11.4 Å². The SMILES string of the molecule is CCNc1nc(C)c([N+](=O)[O-])c(-c2ccc(C)s2)n1. The summed E-state index contributed by atoms with van der Waals surface area (Å²) in [6.07, 6.45) is 0. The van der Waals surface area contributed by atoms with Gasteiger partial charge >= 0.3 is 5.69 Å². The zero-order valence-electron chi connectivity index (χ0n) is 10.9. The first kappa shape index (κ1) is 13.4. The van der Waals surface area contributed by atoms with E-state index in [2.05, 4.69) is 15.3 Å². The fourth-order valence-electron chi connectivity index (χ4n) is 1.76. The van der Waals surface area contributed by atoms with E-state index < -0.39 is 4.92 Å². The average molecular weight is 278 g/mol. The molecule has 7 heteroatoms. The van der Waals surface area contributed by atoms with Crippen molar-refractivity contribution >= 4 is 23.0 Å². The summed E-state index contributed by atoms with van der Waals surface area (Å²) in [5.41, 5.74) is 0.729. The molecule has 0 aliphatic rings. The Morgan fingerprint density at radius 3 is 2.63 bits per heavy atom. The molecule has 19 heavy (non-hydrogen) atoms. The zero-order chi connectivity index (χ0) is 14.0. The van der Waals surface area contributed by atoms with Gasteiger partial charge in [-0.3, -0.25) is 10.1 Å². The Morgan fingerprint density at radius 1 is 1.37 bits per heavy atom. The van der Waals surface area contributed by atoms with Crippen LogP contribution in [0.4, 0.5) is 11.6 Å². The van der Waals surface area contributed by atoms with Crippen molar-refractivity contribution in [2.45, 2.75) is 20.8 Å². The molecule has 0 aliphatic carbocycles. The van der Waals surface area contributed by atoms with E-state index in [1.54, 1.807) is 6.92 Å². The Hall–Kier alpha value is -2.02. The van der Waals surface area contributed by atoms with Crippen LogP contribution in [-0.2, 0) is 0 Å². The number of aryl methyl sites for hydroxylation is 2. The topological polar surface area (TPSA) is 81.0 Å². The van der Waals surface area contributed by atoms with Gasteiger partial charge < -0.3 is 5.32 Å². The predicted molar refractivity (Wildman–Crippen MR) is 75.6 cm³/mol. The molecule has 0 aliphatic heterocycles. The van der Waals surface area contributed by atoms with Gasteiger partial charge in [-0.15, -0.1) is 11.3 Å². The van der Waals surface area contributed by atoms with Gasteiger partial charge in [0.1, 0.15) is 5.69 Å². The summed E-state index contributed by atoms with van der Waals surface area (Å²) in [7, 11) is 0. The first-order chi connectivity index (χ1) is 9.02. The van der Waals surface area contributed by atoms with E-state index in [4.69, 9.17) is 0 Å². The van der Waals surface area contributed by atoms with Gasteiger partial charge in [-0.05, 0) is 32.9 Å². The van der Waals surface area contributed by atoms with Gasteiger partial charge in [-0.2, -0.15) is 0 Å². The van der Waals surface area contributed by atoms with Crippen LogP contribution in [0.3, 0.4) is 0 Å². The van der Waals surface area contributed by atoms with Crippen LogP contribution in [0, 0.1) is 24.0 Å². The molecule has 2 rings (SSSR count). The second kappa shape index (κ2) is 5.31. The van der Waals surface area contributed by atoms with Crippen molar-refractivity contribution in [1.82, 2.24) is 9.97 Å². The van der Waals surface area contributed by atoms with Crippen molar-refractivity contribution in [3.63, 3.8) is 0 Å². The lowest BCUT2D eigenvalue weighted by Gasteiger charge is -2.06. The van der Waals surface area contributed by atoms with Gasteiger partial charge in [-0.1, -0.05) is 0 Å². The Morgan fingerprint density at radius 2 is 2.11 bits per heavy atom. The summed E-state index contributed by atoms with van der Waals surface area (Å²) in [6, 6.07) is 3.78. The Kier molecular flexibility index (Phi) is 3.75. The molecule has 0 saturated carbocycles. The average Bonchev–Trinajstić information content (AvgIpc) is 2.75. The first-order valence-electron chi connectivity index (χ1n) is 5.86. The summed E-state index contributed by atoms with van der Waals surface area (Å²) in [4.78, 5) is 21.0. The van der Waals surface area contributed by atoms with Crippen LogP contribution in [0.5, 0.6) is 0 Å². The third-order valence-corrected chi connectivity index (χ3v) is 3.56. The summed E-state index contributed by atoms with van der Waals surface area (Å²) >= 11 is 1.49. The molecule has 0 aromatic carbocycles. The summed E-state index contributed by atoms with van der Waals surface area (Å²) in [5, 5.41) is 14.2. The minimum absolute atomic E-state index is 0.0245. The number of hydrogen-bond donors (Lipinski definition) is 1. The molecule has 0 amide bonds. The molecular weight excluding hydrogens is 264 g/mol. The summed E-state index contributed by atoms with van der Waals surface area (Å²) in [6.45, 7) is 6.18. The molecule has 6 nitrogen and oxygen atoms in total. The molecule has 100 valence electrons. The third kappa shape index (κ3) is 2.70. The lowest BCUT2D eigenvalue weighted by atomic mass is 10.2. The molecule has 0 radical (unpaired) electrons. The fraction of sp³-hybridized carbons (Fsp3) is 0.333. The van der Waals surface area contributed by atoms with Crippen molar-refractivity contribution in [2.75, 3.05) is 11.9 Å². The molecular formula is C12H14N4O2S. The van der Waals surface area contributed by atoms with E-state index in [9.17, 15) is 10.1 Å². The highest BCUT2D eigenvalue weighted by atomic mass is 32.1. The molecule has 1 N–H and O–H groups in total. The maximum Gasteiger partial charge on any atom is 0.317 e. The van der Waals surface area contributed by atoms with E-state index in [-0.39, 0.29) is 5.69 Å². The van der Waals surface area contributed by atoms with Crippen LogP contribution in [0.2, 0.25) is 0 Å². The number of thiophene rings is 1. The van der Waals surface area contributed by atoms with Crippen LogP contribution in [0.25, 0.3) is 10.6 Å². The van der Waals surface area contributed by atoms with Crippen molar-refractivity contribution in [3.05, 3.63) is 32.8 Å². The third-order valence-electron chi connectivity index (χ3n) is 2.55. The lowest BCUT2D eigenvalue weighted by Crippen LogP contribution is -2.07. The summed E-state index contributed by atoms with van der Waals surface area (Å²) < 4.78 is 0. The van der Waals surface area contributed by atoms with E-state index in [1.807, 2.05) is 26.0 Å². The van der Waals surface area contributed by atoms with E-state index >= 15 is 0 Å². The highest BCUT2D eigenvalue weighted by Crippen LogP contribution is 2.35. The minimum atomic E-state index is -0.421. The molecule has 2 aromatic rings. The number of aromatic nitrogens is 2. The fourth-order valence-corrected chi connectivity index (χ4v) is 2.61. The first-order valence-corrected chi connectivity index (χ1v) is 6.68. The van der Waals surface area contributed by atoms with Crippen LogP contribution in [0.15, 0.2) is 12.1 Å². The van der Waals surface area contributed by atoms with Gasteiger partial charge in [0.2, 0.25) is 5.95 Å². The van der Waals surface area contributed by atoms with E-state index in [0.29, 0.717) is 23.9 Å². The molecule has 0 spiro atoms. The van der Waals surface area contributed by atoms with Crippen molar-refractivity contribution in [3.8, 4) is 10.6 Å². The van der Waals surface area contributed by atoms with E-state index in [0.717, 1.165) is 9.75 Å². The maximum absolute atomic E-state index is 11.2. The predicted octanol–water partition coefficient (Wildman–Crippen LogP) is 3.16. The number of nitrogens with one attached hydrogen (secondary N) is 1. The van der Waals surface area contributed by atoms with Gasteiger partial charge in [0.05, 0.1) is 9.80 Å². The molecule has 0 fully saturated rings. The monoisotopic (exact) mass is 278 g/mol. The number of anilines is 1. The van der Waals surface area contributed by atoms with Crippen molar-refractivity contribution < 1.29 is 4.92 Å². The smallest absolute Gasteiger partial charge is 0.317 e. The van der Waals surface area contributed by atoms with Crippen LogP contribution >= 0.6 is 11.3 Å². The second-order valence-electron chi connectivity index (χ2n) is 4.03. The van der Waals surface area contributed by atoms with E-state index in [1.165, 1.54) is 11.3 Å². The standard InChI is InChI=1S/C12H14N4O2S/c1-4-13-12-14-8(3)11(16(17)18)10(15-12)9-6-5-7(2)19-9/h5-6H,4H2,1-3H3,(H,13,14,15). The quantitative estimate of drug-likeness (QED) is 0.686. The zero-order valence-corrected chi connectivity index (χ0v) is 11.7. The Balaban J connectivity index is 2.64. The van der Waals surface area contributed by atoms with Crippen molar-refractivity contribution in [1.29, 1.82) is 0 Å². The summed E-state index contributed by atoms with van der Waals surface area (Å²) in [5.74, 6) is 0.423. The molecule has 0 unspecified atom stereocenters. The van der Waals surface area contributed by atoms with Gasteiger partial charge in [0.15, 0.2) is 5.69 Å². The van der Waals surface area contributed by atoms with Crippen molar-refractivity contribution in [2.24, 2.45) is 0 Å². The Bertz CT molecular complexity index is 624. The minimum Gasteiger partial charge on any atom is -0.354 e. The lowest BCUT2D eigenvalue weighted by molar-refractivity contribution is -0.385. The number of rotatable bonds is 4. The number of nitrogens with zero attached hydrogens (tertiary/aromatic N) is 3. The largest absolute Gasteiger partial charge is 0.354 e. The molecule has 2 aromatic heterocycles. The normalized spacial score (nSPS) is 10.5. The van der Waals surface area contributed by atoms with Crippen LogP contribution in [-0.4, -0.2) is 21.4 Å². The number of hydrogen-bond acceptors (Lipinski definition) is 6. The highest BCUT2D eigenvalue weighted by Gasteiger charge is 2.24. The van der Waals surface area contributed by atoms with Gasteiger partial charge in [-0.25, -0.2) is 9.97 Å². The molecule has 2 heterocycles. The van der Waals surface area contributed by atoms with Crippen LogP contribution < -0.4 is 5.32 Å². The van der Waals surface area contributed by atoms with Gasteiger partial charge in [0.25, 0.3) is 0 Å².